The van der Waals surface area contributed by atoms with E-state index in [4.69, 9.17) is 22.1 Å². The Bertz CT molecular complexity index is 1650. The fraction of sp³-hybridized carbons (Fsp3) is 0.125. The summed E-state index contributed by atoms with van der Waals surface area (Å²) in [7, 11) is 1.31. The molecule has 3 N–H and O–H groups in total. The van der Waals surface area contributed by atoms with Crippen molar-refractivity contribution in [2.75, 3.05) is 18.2 Å². The Hall–Kier alpha value is -4.65. The predicted octanol–water partition coefficient (Wildman–Crippen LogP) is 4.55. The Morgan fingerprint density at radius 2 is 1.92 bits per heavy atom. The summed E-state index contributed by atoms with van der Waals surface area (Å²) in [5.41, 5.74) is 5.36. The predicted molar refractivity (Wildman–Crippen MR) is 133 cm³/mol. The minimum Gasteiger partial charge on any atom is -0.480 e. The van der Waals surface area contributed by atoms with Crippen molar-refractivity contribution in [1.29, 1.82) is 0 Å². The number of nitrogens with one attached hydrogen (secondary N) is 1. The number of carbonyl (C=O) groups excluding carboxylic acids is 1. The Morgan fingerprint density at radius 1 is 1.16 bits per heavy atom. The molecular weight excluding hydrogens is 525 g/mol. The van der Waals surface area contributed by atoms with Crippen LogP contribution in [0.2, 0.25) is 5.15 Å². The molecule has 0 aliphatic heterocycles. The Balaban J connectivity index is 1.50. The summed E-state index contributed by atoms with van der Waals surface area (Å²) in [5, 5.41) is 11.2. The summed E-state index contributed by atoms with van der Waals surface area (Å²) in [6, 6.07) is 13.2. The normalized spacial score (nSPS) is 11.6. The highest BCUT2D eigenvalue weighted by molar-refractivity contribution is 6.30. The average molecular weight is 543 g/mol. The van der Waals surface area contributed by atoms with Crippen molar-refractivity contribution in [3.05, 3.63) is 82.9 Å². The summed E-state index contributed by atoms with van der Waals surface area (Å²) in [5.74, 6) is -0.896. The number of pyridine rings is 1. The van der Waals surface area contributed by atoms with E-state index in [9.17, 15) is 18.0 Å². The minimum atomic E-state index is -4.72. The quantitative estimate of drug-likeness (QED) is 0.322. The molecule has 0 spiro atoms. The largest absolute Gasteiger partial charge is 0.480 e. The minimum absolute atomic E-state index is 0.000751. The van der Waals surface area contributed by atoms with E-state index in [-0.39, 0.29) is 34.3 Å². The van der Waals surface area contributed by atoms with Crippen LogP contribution < -0.4 is 15.8 Å². The number of halogens is 4. The highest BCUT2D eigenvalue weighted by Gasteiger charge is 2.36. The summed E-state index contributed by atoms with van der Waals surface area (Å²) < 4.78 is 48.9. The zero-order valence-corrected chi connectivity index (χ0v) is 20.3. The molecule has 4 heterocycles. The fourth-order valence-electron chi connectivity index (χ4n) is 3.91. The third-order valence-corrected chi connectivity index (χ3v) is 5.92. The first-order valence-corrected chi connectivity index (χ1v) is 11.4. The molecule has 0 radical (unpaired) electrons. The number of amides is 1. The number of aromatic nitrogens is 6. The highest BCUT2D eigenvalue weighted by Crippen LogP contribution is 2.39. The first-order chi connectivity index (χ1) is 18.2. The van der Waals surface area contributed by atoms with Crippen molar-refractivity contribution >= 4 is 34.7 Å². The van der Waals surface area contributed by atoms with Crippen molar-refractivity contribution in [2.45, 2.75) is 12.7 Å². The van der Waals surface area contributed by atoms with Gasteiger partial charge in [0.25, 0.3) is 5.91 Å². The van der Waals surface area contributed by atoms with Gasteiger partial charge in [-0.05, 0) is 17.7 Å². The van der Waals surface area contributed by atoms with Gasteiger partial charge in [-0.25, -0.2) is 19.2 Å². The maximum atomic E-state index is 13.7. The van der Waals surface area contributed by atoms with Crippen LogP contribution in [0.25, 0.3) is 16.8 Å². The first kappa shape index (κ1) is 25.0. The van der Waals surface area contributed by atoms with E-state index in [1.165, 1.54) is 30.1 Å². The molecule has 0 atom stereocenters. The van der Waals surface area contributed by atoms with E-state index in [2.05, 4.69) is 25.5 Å². The van der Waals surface area contributed by atoms with Crippen LogP contribution in [0, 0.1) is 0 Å². The van der Waals surface area contributed by atoms with Crippen molar-refractivity contribution in [1.82, 2.24) is 29.4 Å². The lowest BCUT2D eigenvalue weighted by molar-refractivity contribution is -0.136. The molecule has 0 aliphatic carbocycles. The van der Waals surface area contributed by atoms with Crippen LogP contribution >= 0.6 is 11.6 Å². The number of rotatable bonds is 6. The van der Waals surface area contributed by atoms with E-state index < -0.39 is 23.2 Å². The zero-order chi connectivity index (χ0) is 27.0. The van der Waals surface area contributed by atoms with E-state index in [1.54, 1.807) is 0 Å². The lowest BCUT2D eigenvalue weighted by Crippen LogP contribution is -2.15. The molecule has 194 valence electrons. The number of alkyl halides is 3. The van der Waals surface area contributed by atoms with E-state index >= 15 is 0 Å². The molecule has 0 bridgehead atoms. The first-order valence-electron chi connectivity index (χ1n) is 11.0. The van der Waals surface area contributed by atoms with E-state index in [0.29, 0.717) is 11.7 Å². The molecule has 5 rings (SSSR count). The molecule has 5 aromatic rings. The number of anilines is 2. The topological polar surface area (TPSA) is 125 Å². The fourth-order valence-corrected chi connectivity index (χ4v) is 4.11. The van der Waals surface area contributed by atoms with Crippen LogP contribution in [0.4, 0.5) is 24.8 Å². The van der Waals surface area contributed by atoms with Gasteiger partial charge in [0.2, 0.25) is 5.88 Å². The van der Waals surface area contributed by atoms with Crippen molar-refractivity contribution in [3.8, 4) is 17.1 Å². The number of nitrogen functional groups attached to an aromatic ring is 1. The Labute approximate surface area is 217 Å². The van der Waals surface area contributed by atoms with Gasteiger partial charge in [-0.3, -0.25) is 4.79 Å². The van der Waals surface area contributed by atoms with E-state index in [0.717, 1.165) is 22.5 Å². The summed E-state index contributed by atoms with van der Waals surface area (Å²) in [4.78, 5) is 21.0. The van der Waals surface area contributed by atoms with Crippen LogP contribution in [0.15, 0.2) is 61.1 Å². The number of carbonyl (C=O) groups is 1. The highest BCUT2D eigenvalue weighted by atomic mass is 35.5. The van der Waals surface area contributed by atoms with Crippen LogP contribution in [-0.2, 0) is 12.7 Å². The van der Waals surface area contributed by atoms with Crippen LogP contribution in [0.5, 0.6) is 5.88 Å². The molecule has 38 heavy (non-hydrogen) atoms. The lowest BCUT2D eigenvalue weighted by Gasteiger charge is -2.10. The van der Waals surface area contributed by atoms with Crippen LogP contribution in [-0.4, -0.2) is 42.4 Å². The summed E-state index contributed by atoms with van der Waals surface area (Å²) in [6.45, 7) is 0.379. The SMILES string of the molecule is COc1ncc(-c2cc(C(F)(F)F)c3c(N)ncnn23)cc1C(=O)Nc1cc(Cl)n(Cc2ccccc2)n1. The second-order valence-corrected chi connectivity index (χ2v) is 8.46. The smallest absolute Gasteiger partial charge is 0.418 e. The second kappa shape index (κ2) is 9.67. The van der Waals surface area contributed by atoms with E-state index in [1.807, 2.05) is 30.3 Å². The number of ether oxygens (including phenoxy) is 1. The van der Waals surface area contributed by atoms with Gasteiger partial charge in [-0.2, -0.15) is 23.4 Å². The van der Waals surface area contributed by atoms with Gasteiger partial charge in [0.05, 0.1) is 24.9 Å². The molecule has 10 nitrogen and oxygen atoms in total. The van der Waals surface area contributed by atoms with Crippen molar-refractivity contribution in [2.24, 2.45) is 0 Å². The van der Waals surface area contributed by atoms with Gasteiger partial charge in [0, 0.05) is 17.8 Å². The molecule has 14 heteroatoms. The third-order valence-electron chi connectivity index (χ3n) is 5.62. The maximum Gasteiger partial charge on any atom is 0.418 e. The second-order valence-electron chi connectivity index (χ2n) is 8.08. The molecule has 1 aromatic carbocycles. The zero-order valence-electron chi connectivity index (χ0n) is 19.6. The number of nitrogens with zero attached hydrogens (tertiary/aromatic N) is 6. The summed E-state index contributed by atoms with van der Waals surface area (Å²) in [6.07, 6.45) is -2.42. The standard InChI is InChI=1S/C24H18ClF3N8O2/c1-38-23-15(22(37)33-19-9-18(25)35(34-19)11-13-5-3-2-4-6-13)7-14(10-30-23)17-8-16(24(26,27)28)20-21(29)31-12-32-36(17)20/h2-10,12H,11H2,1H3,(H2,29,31,32)(H,33,34,37). The van der Waals surface area contributed by atoms with Crippen molar-refractivity contribution < 1.29 is 22.7 Å². The number of hydrogen-bond acceptors (Lipinski definition) is 7. The number of methoxy groups -OCH3 is 1. The molecule has 0 aliphatic rings. The molecule has 0 fully saturated rings. The molecule has 0 saturated heterocycles. The van der Waals surface area contributed by atoms with Gasteiger partial charge < -0.3 is 15.8 Å². The number of benzene rings is 1. The maximum absolute atomic E-state index is 13.7. The molecule has 0 saturated carbocycles. The van der Waals surface area contributed by atoms with Crippen LogP contribution in [0.3, 0.4) is 0 Å². The van der Waals surface area contributed by atoms with Gasteiger partial charge in [0.15, 0.2) is 11.6 Å². The molecule has 1 amide bonds. The van der Waals surface area contributed by atoms with Gasteiger partial charge in [0.1, 0.15) is 22.6 Å². The molecule has 4 aromatic heterocycles. The number of fused-ring (bicyclic) bond motifs is 1. The molecule has 0 unspecified atom stereocenters. The number of nitrogens with two attached hydrogens (primary N) is 1. The summed E-state index contributed by atoms with van der Waals surface area (Å²) >= 11 is 6.29. The van der Waals surface area contributed by atoms with Gasteiger partial charge in [-0.15, -0.1) is 0 Å². The third kappa shape index (κ3) is 4.70. The Kier molecular flexibility index (Phi) is 6.36. The van der Waals surface area contributed by atoms with Gasteiger partial charge in [-0.1, -0.05) is 41.9 Å². The lowest BCUT2D eigenvalue weighted by atomic mass is 10.1. The van der Waals surface area contributed by atoms with Crippen molar-refractivity contribution in [3.63, 3.8) is 0 Å². The van der Waals surface area contributed by atoms with Gasteiger partial charge >= 0.3 is 6.18 Å². The Morgan fingerprint density at radius 3 is 2.63 bits per heavy atom. The monoisotopic (exact) mass is 542 g/mol. The average Bonchev–Trinajstić information content (AvgIpc) is 3.45. The number of hydrogen-bond donors (Lipinski definition) is 2. The molecular formula is C24H18ClF3N8O2. The van der Waals surface area contributed by atoms with Crippen LogP contribution in [0.1, 0.15) is 21.5 Å².